The number of fused-ring (bicyclic) bond motifs is 7. The molecule has 4 heterocycles. The fraction of sp³-hybridized carbons (Fsp3) is 0.423. The van der Waals surface area contributed by atoms with Crippen molar-refractivity contribution in [2.75, 3.05) is 16.8 Å². The highest BCUT2D eigenvalue weighted by atomic mass is 16.2. The second kappa shape index (κ2) is 6.51. The minimum Gasteiger partial charge on any atom is -0.324 e. The summed E-state index contributed by atoms with van der Waals surface area (Å²) in [5.74, 6) is -1.76. The van der Waals surface area contributed by atoms with Gasteiger partial charge in [-0.1, -0.05) is 31.2 Å². The van der Waals surface area contributed by atoms with Crippen LogP contribution in [-0.2, 0) is 26.3 Å². The topological polar surface area (TPSA) is 69.7 Å². The molecule has 3 saturated heterocycles. The van der Waals surface area contributed by atoms with Crippen molar-refractivity contribution >= 4 is 29.1 Å². The van der Waals surface area contributed by atoms with Gasteiger partial charge in [0, 0.05) is 17.3 Å². The summed E-state index contributed by atoms with van der Waals surface area (Å²) in [6.07, 6.45) is 2.60. The Morgan fingerprint density at radius 1 is 1.09 bits per heavy atom. The Morgan fingerprint density at radius 2 is 1.91 bits per heavy atom. The number of nitrogens with one attached hydrogen (secondary N) is 1. The Hall–Kier alpha value is -2.99. The molecule has 0 aliphatic carbocycles. The average molecular weight is 430 g/mol. The largest absolute Gasteiger partial charge is 0.324 e. The number of rotatable bonds is 2. The number of carbonyl (C=O) groups is 3. The monoisotopic (exact) mass is 429 g/mol. The van der Waals surface area contributed by atoms with Crippen LogP contribution >= 0.6 is 0 Å². The number of anilines is 2. The van der Waals surface area contributed by atoms with E-state index < -0.39 is 17.4 Å². The predicted octanol–water partition coefficient (Wildman–Crippen LogP) is 3.30. The number of carbonyl (C=O) groups excluding carboxylic acids is 3. The summed E-state index contributed by atoms with van der Waals surface area (Å²) in [5, 5.41) is 3.05. The number of benzene rings is 2. The van der Waals surface area contributed by atoms with E-state index in [1.54, 1.807) is 0 Å². The summed E-state index contributed by atoms with van der Waals surface area (Å²) in [6.45, 7) is 6.74. The van der Waals surface area contributed by atoms with Crippen LogP contribution in [0.5, 0.6) is 0 Å². The van der Waals surface area contributed by atoms with Crippen LogP contribution in [0.4, 0.5) is 11.4 Å². The molecule has 4 atom stereocenters. The summed E-state index contributed by atoms with van der Waals surface area (Å²) >= 11 is 0. The maximum absolute atomic E-state index is 14.1. The van der Waals surface area contributed by atoms with Gasteiger partial charge >= 0.3 is 0 Å². The summed E-state index contributed by atoms with van der Waals surface area (Å²) in [7, 11) is 0. The van der Waals surface area contributed by atoms with Crippen molar-refractivity contribution in [3.8, 4) is 0 Å². The van der Waals surface area contributed by atoms with Gasteiger partial charge < -0.3 is 5.32 Å². The first-order chi connectivity index (χ1) is 15.4. The van der Waals surface area contributed by atoms with Crippen molar-refractivity contribution in [1.82, 2.24) is 4.90 Å². The number of nitrogens with zero attached hydrogens (tertiary/aromatic N) is 2. The first kappa shape index (κ1) is 19.7. The quantitative estimate of drug-likeness (QED) is 0.744. The zero-order valence-corrected chi connectivity index (χ0v) is 18.6. The van der Waals surface area contributed by atoms with Crippen molar-refractivity contribution in [1.29, 1.82) is 0 Å². The molecule has 0 radical (unpaired) electrons. The lowest BCUT2D eigenvalue weighted by molar-refractivity contribution is -0.135. The first-order valence-corrected chi connectivity index (χ1v) is 11.6. The average Bonchev–Trinajstić information content (AvgIpc) is 3.48. The van der Waals surface area contributed by atoms with Crippen LogP contribution in [0.25, 0.3) is 0 Å². The van der Waals surface area contributed by atoms with E-state index in [2.05, 4.69) is 23.2 Å². The van der Waals surface area contributed by atoms with Crippen LogP contribution in [-0.4, -0.2) is 35.2 Å². The van der Waals surface area contributed by atoms with Crippen molar-refractivity contribution in [2.24, 2.45) is 11.8 Å². The second-order valence-electron chi connectivity index (χ2n) is 9.59. The molecule has 1 N–H and O–H groups in total. The minimum atomic E-state index is -1.11. The third-order valence-corrected chi connectivity index (χ3v) is 8.28. The zero-order chi connectivity index (χ0) is 22.4. The van der Waals surface area contributed by atoms with Crippen LogP contribution in [0.3, 0.4) is 0 Å². The summed E-state index contributed by atoms with van der Waals surface area (Å²) in [5.41, 5.74) is 4.27. The van der Waals surface area contributed by atoms with Gasteiger partial charge in [-0.2, -0.15) is 0 Å². The highest BCUT2D eigenvalue weighted by Crippen LogP contribution is 2.60. The second-order valence-corrected chi connectivity index (χ2v) is 9.59. The first-order valence-electron chi connectivity index (χ1n) is 11.6. The van der Waals surface area contributed by atoms with E-state index in [1.807, 2.05) is 44.2 Å². The van der Waals surface area contributed by atoms with Crippen molar-refractivity contribution in [2.45, 2.75) is 51.6 Å². The van der Waals surface area contributed by atoms with E-state index >= 15 is 0 Å². The predicted molar refractivity (Wildman–Crippen MR) is 121 cm³/mol. The Morgan fingerprint density at radius 3 is 2.69 bits per heavy atom. The Kier molecular flexibility index (Phi) is 4.01. The standard InChI is InChI=1S/C26H27N3O3/c1-4-16-10-11-18-17(13-16)26(25(32)27-18)22-21(20-9-6-12-28(20)26)23(30)29(24(22)31)19-8-5-7-14(2)15(19)3/h5,7-8,10-11,13,20-22H,4,6,9,12H2,1-3H3,(H,27,32)/t20-,21+,22-,26+/m0/s1. The molecule has 0 bridgehead atoms. The van der Waals surface area contributed by atoms with Gasteiger partial charge in [-0.25, -0.2) is 4.90 Å². The van der Waals surface area contributed by atoms with Gasteiger partial charge in [-0.05, 0) is 68.5 Å². The van der Waals surface area contributed by atoms with Crippen molar-refractivity contribution in [3.63, 3.8) is 0 Å². The number of hydrogen-bond acceptors (Lipinski definition) is 4. The minimum absolute atomic E-state index is 0.0893. The molecule has 1 spiro atoms. The molecule has 164 valence electrons. The Balaban J connectivity index is 1.57. The normalized spacial score (nSPS) is 30.8. The van der Waals surface area contributed by atoms with Gasteiger partial charge in [0.25, 0.3) is 0 Å². The van der Waals surface area contributed by atoms with Gasteiger partial charge in [0.1, 0.15) is 5.54 Å². The van der Waals surface area contributed by atoms with Gasteiger partial charge in [0.05, 0.1) is 17.5 Å². The van der Waals surface area contributed by atoms with Crippen LogP contribution in [0.2, 0.25) is 0 Å². The molecule has 6 heteroatoms. The summed E-state index contributed by atoms with van der Waals surface area (Å²) in [4.78, 5) is 45.2. The fourth-order valence-electron chi connectivity index (χ4n) is 6.69. The SMILES string of the molecule is CCc1ccc2c(c1)[C@]1(C(=O)N2)[C@@H]2C(=O)N(c3cccc(C)c3C)C(=O)[C@@H]2[C@@H]2CCCN21. The molecule has 0 aromatic heterocycles. The van der Waals surface area contributed by atoms with Crippen LogP contribution in [0.15, 0.2) is 36.4 Å². The highest BCUT2D eigenvalue weighted by molar-refractivity contribution is 6.26. The molecule has 0 saturated carbocycles. The molecule has 3 amide bonds. The maximum Gasteiger partial charge on any atom is 0.250 e. The van der Waals surface area contributed by atoms with Crippen LogP contribution in [0, 0.1) is 25.7 Å². The highest BCUT2D eigenvalue weighted by Gasteiger charge is 2.74. The van der Waals surface area contributed by atoms with Gasteiger partial charge in [0.15, 0.2) is 0 Å². The zero-order valence-electron chi connectivity index (χ0n) is 18.6. The van der Waals surface area contributed by atoms with Gasteiger partial charge in [-0.15, -0.1) is 0 Å². The third kappa shape index (κ3) is 2.16. The van der Waals surface area contributed by atoms with E-state index in [9.17, 15) is 14.4 Å². The van der Waals surface area contributed by atoms with Crippen LogP contribution < -0.4 is 10.2 Å². The smallest absolute Gasteiger partial charge is 0.250 e. The maximum atomic E-state index is 14.1. The lowest BCUT2D eigenvalue weighted by Crippen LogP contribution is -2.54. The fourth-order valence-corrected chi connectivity index (χ4v) is 6.69. The molecule has 32 heavy (non-hydrogen) atoms. The number of aryl methyl sites for hydroxylation is 2. The van der Waals surface area contributed by atoms with E-state index in [0.717, 1.165) is 53.7 Å². The van der Waals surface area contributed by atoms with Crippen molar-refractivity contribution < 1.29 is 14.4 Å². The molecule has 4 aliphatic rings. The van der Waals surface area contributed by atoms with Crippen molar-refractivity contribution in [3.05, 3.63) is 58.7 Å². The molecule has 0 unspecified atom stereocenters. The molecule has 2 aromatic rings. The molecular formula is C26H27N3O3. The molecular weight excluding hydrogens is 402 g/mol. The van der Waals surface area contributed by atoms with E-state index in [4.69, 9.17) is 0 Å². The molecule has 3 fully saturated rings. The Bertz CT molecular complexity index is 1200. The van der Waals surface area contributed by atoms with Gasteiger partial charge in [0.2, 0.25) is 17.7 Å². The van der Waals surface area contributed by atoms with E-state index in [0.29, 0.717) is 5.69 Å². The van der Waals surface area contributed by atoms with Gasteiger partial charge in [-0.3, -0.25) is 19.3 Å². The number of hydrogen-bond donors (Lipinski definition) is 1. The molecule has 6 rings (SSSR count). The number of imide groups is 1. The molecule has 4 aliphatic heterocycles. The number of amides is 3. The van der Waals surface area contributed by atoms with E-state index in [1.165, 1.54) is 4.90 Å². The summed E-state index contributed by atoms with van der Waals surface area (Å²) < 4.78 is 0. The molecule has 6 nitrogen and oxygen atoms in total. The Labute approximate surface area is 187 Å². The lowest BCUT2D eigenvalue weighted by atomic mass is 9.75. The summed E-state index contributed by atoms with van der Waals surface area (Å²) in [6, 6.07) is 11.7. The third-order valence-electron chi connectivity index (χ3n) is 8.28. The molecule has 2 aromatic carbocycles. The lowest BCUT2D eigenvalue weighted by Gasteiger charge is -2.37. The van der Waals surface area contributed by atoms with E-state index in [-0.39, 0.29) is 23.8 Å². The van der Waals surface area contributed by atoms with Crippen LogP contribution in [0.1, 0.15) is 42.0 Å².